The summed E-state index contributed by atoms with van der Waals surface area (Å²) in [6.45, 7) is 6.16. The fourth-order valence-electron chi connectivity index (χ4n) is 4.84. The van der Waals surface area contributed by atoms with Crippen molar-refractivity contribution in [3.63, 3.8) is 0 Å². The van der Waals surface area contributed by atoms with Gasteiger partial charge in [0.2, 0.25) is 0 Å². The fraction of sp³-hybridized carbons (Fsp3) is 0.417. The summed E-state index contributed by atoms with van der Waals surface area (Å²) in [6, 6.07) is 12.4. The highest BCUT2D eigenvalue weighted by atomic mass is 16.6. The highest BCUT2D eigenvalue weighted by molar-refractivity contribution is 5.82. The highest BCUT2D eigenvalue weighted by Crippen LogP contribution is 2.49. The number of rotatable bonds is 3. The van der Waals surface area contributed by atoms with Crippen molar-refractivity contribution in [3.8, 4) is 11.1 Å². The van der Waals surface area contributed by atoms with Gasteiger partial charge in [0.1, 0.15) is 6.10 Å². The van der Waals surface area contributed by atoms with Crippen LogP contribution in [0.2, 0.25) is 0 Å². The molecule has 1 saturated carbocycles. The van der Waals surface area contributed by atoms with Gasteiger partial charge in [-0.25, -0.2) is 4.79 Å². The maximum atomic E-state index is 12.2. The Balaban J connectivity index is 1.56. The van der Waals surface area contributed by atoms with Crippen LogP contribution in [0.1, 0.15) is 37.9 Å². The number of esters is 1. The zero-order valence-electron chi connectivity index (χ0n) is 16.6. The summed E-state index contributed by atoms with van der Waals surface area (Å²) < 4.78 is 5.38. The molecule has 1 N–H and O–H groups in total. The third-order valence-corrected chi connectivity index (χ3v) is 6.49. The zero-order valence-corrected chi connectivity index (χ0v) is 16.6. The van der Waals surface area contributed by atoms with Gasteiger partial charge in [-0.05, 0) is 61.8 Å². The first-order valence-electron chi connectivity index (χ1n) is 10.0. The first-order valence-corrected chi connectivity index (χ1v) is 10.0. The van der Waals surface area contributed by atoms with Crippen molar-refractivity contribution in [2.24, 2.45) is 17.8 Å². The van der Waals surface area contributed by atoms with Gasteiger partial charge in [0.15, 0.2) is 5.60 Å². The average Bonchev–Trinajstić information content (AvgIpc) is 2.91. The molecule has 1 aliphatic carbocycles. The second-order valence-electron chi connectivity index (χ2n) is 8.30. The van der Waals surface area contributed by atoms with E-state index in [0.29, 0.717) is 12.3 Å². The molecule has 4 nitrogen and oxygen atoms in total. The van der Waals surface area contributed by atoms with E-state index >= 15 is 0 Å². The fourth-order valence-corrected chi connectivity index (χ4v) is 4.84. The highest BCUT2D eigenvalue weighted by Gasteiger charge is 2.59. The molecule has 0 radical (unpaired) electrons. The van der Waals surface area contributed by atoms with Crippen molar-refractivity contribution in [2.75, 3.05) is 0 Å². The molecule has 4 unspecified atom stereocenters. The zero-order chi connectivity index (χ0) is 19.9. The van der Waals surface area contributed by atoms with E-state index in [4.69, 9.17) is 4.74 Å². The van der Waals surface area contributed by atoms with Gasteiger partial charge in [-0.15, -0.1) is 0 Å². The minimum atomic E-state index is -1.34. The largest absolute Gasteiger partial charge is 0.460 e. The minimum absolute atomic E-state index is 0.0815. The predicted octanol–water partition coefficient (Wildman–Crippen LogP) is 4.41. The van der Waals surface area contributed by atoms with Crippen LogP contribution in [0.3, 0.4) is 0 Å². The predicted molar refractivity (Wildman–Crippen MR) is 109 cm³/mol. The van der Waals surface area contributed by atoms with Gasteiger partial charge in [-0.2, -0.15) is 0 Å². The van der Waals surface area contributed by atoms with E-state index in [0.717, 1.165) is 17.7 Å². The Labute approximate surface area is 166 Å². The van der Waals surface area contributed by atoms with Gasteiger partial charge < -0.3 is 9.84 Å². The lowest BCUT2D eigenvalue weighted by molar-refractivity contribution is -0.158. The summed E-state index contributed by atoms with van der Waals surface area (Å²) in [5.41, 5.74) is 3.04. The summed E-state index contributed by atoms with van der Waals surface area (Å²) in [6.07, 6.45) is 7.02. The van der Waals surface area contributed by atoms with Gasteiger partial charge in [0.25, 0.3) is 0 Å². The number of aromatic nitrogens is 1. The number of nitrogens with zero attached hydrogens (tertiary/aromatic N) is 1. The van der Waals surface area contributed by atoms with Crippen LogP contribution in [0.5, 0.6) is 0 Å². The van der Waals surface area contributed by atoms with Crippen LogP contribution in [0, 0.1) is 24.7 Å². The van der Waals surface area contributed by atoms with Crippen molar-refractivity contribution in [3.05, 3.63) is 59.9 Å². The van der Waals surface area contributed by atoms with Crippen molar-refractivity contribution in [1.29, 1.82) is 0 Å². The van der Waals surface area contributed by atoms with E-state index in [9.17, 15) is 9.90 Å². The summed E-state index contributed by atoms with van der Waals surface area (Å²) in [4.78, 5) is 16.8. The third-order valence-electron chi connectivity index (χ3n) is 6.49. The number of ether oxygens (including phenoxy) is 1. The van der Waals surface area contributed by atoms with E-state index in [1.807, 2.05) is 37.4 Å². The minimum Gasteiger partial charge on any atom is -0.460 e. The normalized spacial score (nSPS) is 32.4. The van der Waals surface area contributed by atoms with Crippen molar-refractivity contribution < 1.29 is 14.6 Å². The second-order valence-corrected chi connectivity index (χ2v) is 8.30. The van der Waals surface area contributed by atoms with Gasteiger partial charge >= 0.3 is 5.97 Å². The topological polar surface area (TPSA) is 59.4 Å². The van der Waals surface area contributed by atoms with Crippen LogP contribution in [0.15, 0.2) is 48.7 Å². The molecular formula is C24H27NO3. The van der Waals surface area contributed by atoms with E-state index in [2.05, 4.69) is 43.1 Å². The monoisotopic (exact) mass is 377 g/mol. The molecule has 1 saturated heterocycles. The van der Waals surface area contributed by atoms with Crippen LogP contribution < -0.4 is 0 Å². The maximum Gasteiger partial charge on any atom is 0.338 e. The van der Waals surface area contributed by atoms with Crippen LogP contribution in [0.25, 0.3) is 17.2 Å². The molecule has 146 valence electrons. The second kappa shape index (κ2) is 7.17. The Morgan fingerprint density at radius 1 is 1.21 bits per heavy atom. The van der Waals surface area contributed by atoms with Crippen LogP contribution in [-0.2, 0) is 9.53 Å². The average molecular weight is 377 g/mol. The van der Waals surface area contributed by atoms with Crippen LogP contribution >= 0.6 is 0 Å². The first kappa shape index (κ1) is 18.9. The molecule has 4 rings (SSSR count). The molecule has 1 aliphatic heterocycles. The Kier molecular flexibility index (Phi) is 4.84. The number of carbonyl (C=O) groups excluding carboxylic acids is 1. The molecular weight excluding hydrogens is 350 g/mol. The van der Waals surface area contributed by atoms with Gasteiger partial charge in [0, 0.05) is 17.7 Å². The van der Waals surface area contributed by atoms with Crippen molar-refractivity contribution in [2.45, 2.75) is 45.3 Å². The number of aryl methyl sites for hydroxylation is 1. The summed E-state index contributed by atoms with van der Waals surface area (Å²) in [5.74, 6) is -0.204. The number of benzene rings is 1. The number of allylic oxidation sites excluding steroid dienone is 1. The summed E-state index contributed by atoms with van der Waals surface area (Å²) in [5, 5.41) is 10.9. The standard InChI is InChI=1S/C24H27NO3/c1-15-6-4-5-7-20(15)18-8-9-19(25-14-18)10-11-21-16(2)12-13-24(27)22(21)17(3)28-23(24)26/h4-11,14,16-17,21-22,27H,12-13H2,1-3H3/b11-10+/t16?,17-,21?,22?,24?/m1/s1. The van der Waals surface area contributed by atoms with Crippen molar-refractivity contribution in [1.82, 2.24) is 4.98 Å². The number of cyclic esters (lactones) is 1. The summed E-state index contributed by atoms with van der Waals surface area (Å²) >= 11 is 0. The molecule has 0 amide bonds. The Morgan fingerprint density at radius 2 is 2.00 bits per heavy atom. The number of carbonyl (C=O) groups is 1. The molecule has 5 atom stereocenters. The van der Waals surface area contributed by atoms with Crippen molar-refractivity contribution >= 4 is 12.0 Å². The number of fused-ring (bicyclic) bond motifs is 1. The molecule has 0 spiro atoms. The molecule has 0 bridgehead atoms. The number of hydrogen-bond donors (Lipinski definition) is 1. The smallest absolute Gasteiger partial charge is 0.338 e. The Hall–Kier alpha value is -2.46. The van der Waals surface area contributed by atoms with Crippen LogP contribution in [0.4, 0.5) is 0 Å². The van der Waals surface area contributed by atoms with Gasteiger partial charge in [0.05, 0.1) is 5.69 Å². The Morgan fingerprint density at radius 3 is 2.71 bits per heavy atom. The third kappa shape index (κ3) is 3.16. The number of pyridine rings is 1. The van der Waals surface area contributed by atoms with E-state index < -0.39 is 11.6 Å². The SMILES string of the molecule is Cc1ccccc1-c1ccc(/C=C/C2C(C)CCC3(O)C(=O)O[C@H](C)C23)nc1. The van der Waals surface area contributed by atoms with Crippen LogP contribution in [-0.4, -0.2) is 27.8 Å². The number of aliphatic hydroxyl groups is 1. The quantitative estimate of drug-likeness (QED) is 0.805. The number of hydrogen-bond acceptors (Lipinski definition) is 4. The lowest BCUT2D eigenvalue weighted by Crippen LogP contribution is -2.50. The first-order chi connectivity index (χ1) is 13.4. The molecule has 2 heterocycles. The lowest BCUT2D eigenvalue weighted by Gasteiger charge is -2.40. The maximum absolute atomic E-state index is 12.2. The molecule has 4 heteroatoms. The van der Waals surface area contributed by atoms with E-state index in [1.165, 1.54) is 11.1 Å². The van der Waals surface area contributed by atoms with Gasteiger partial charge in [-0.1, -0.05) is 43.3 Å². The molecule has 2 aliphatic rings. The van der Waals surface area contributed by atoms with E-state index in [-0.39, 0.29) is 17.9 Å². The lowest BCUT2D eigenvalue weighted by atomic mass is 9.64. The molecule has 2 fully saturated rings. The molecule has 28 heavy (non-hydrogen) atoms. The molecule has 2 aromatic rings. The van der Waals surface area contributed by atoms with Gasteiger partial charge in [-0.3, -0.25) is 4.98 Å². The molecule has 1 aromatic carbocycles. The summed E-state index contributed by atoms with van der Waals surface area (Å²) in [7, 11) is 0. The van der Waals surface area contributed by atoms with E-state index in [1.54, 1.807) is 0 Å². The molecule has 1 aromatic heterocycles. The Bertz CT molecular complexity index is 904.